The molecule has 0 aromatic carbocycles. The predicted molar refractivity (Wildman–Crippen MR) is 108 cm³/mol. The Labute approximate surface area is 148 Å². The molecule has 0 unspecified atom stereocenters. The van der Waals surface area contributed by atoms with E-state index in [2.05, 4.69) is 27.7 Å². The van der Waals surface area contributed by atoms with E-state index in [-0.39, 0.29) is 50.9 Å². The van der Waals surface area contributed by atoms with Gasteiger partial charge < -0.3 is 0 Å². The standard InChI is InChI=1S/C14H32P.3BrH/c1-5-9-12-15(8-4,13-10-6-2)14-11-7-3;;;/h5-14H2,1-4H3;3*1H/q+1;;;. The van der Waals surface area contributed by atoms with Gasteiger partial charge in [-0.2, -0.15) is 0 Å². The van der Waals surface area contributed by atoms with Gasteiger partial charge in [0, 0.05) is 7.26 Å². The van der Waals surface area contributed by atoms with E-state index in [1.807, 2.05) is 0 Å². The minimum absolute atomic E-state index is 0. The summed E-state index contributed by atoms with van der Waals surface area (Å²) in [6.45, 7) is 9.46. The third-order valence-electron chi connectivity index (χ3n) is 3.63. The van der Waals surface area contributed by atoms with E-state index in [0.717, 1.165) is 0 Å². The first-order valence-corrected chi connectivity index (χ1v) is 9.62. The zero-order valence-electron chi connectivity index (χ0n) is 12.7. The van der Waals surface area contributed by atoms with E-state index in [9.17, 15) is 0 Å². The second kappa shape index (κ2) is 18.9. The van der Waals surface area contributed by atoms with E-state index < -0.39 is 7.26 Å². The molecular formula is C14H35Br3P+. The molecule has 0 aromatic heterocycles. The summed E-state index contributed by atoms with van der Waals surface area (Å²) >= 11 is 0. The minimum Gasteiger partial charge on any atom is -0.114 e. The molecule has 0 spiro atoms. The molecule has 0 aliphatic rings. The maximum atomic E-state index is 2.45. The zero-order chi connectivity index (χ0) is 11.6. The van der Waals surface area contributed by atoms with Crippen molar-refractivity contribution in [2.24, 2.45) is 0 Å². The fraction of sp³-hybridized carbons (Fsp3) is 1.00. The molecule has 0 radical (unpaired) electrons. The third kappa shape index (κ3) is 12.9. The Morgan fingerprint density at radius 1 is 0.556 bits per heavy atom. The van der Waals surface area contributed by atoms with Crippen LogP contribution in [-0.2, 0) is 0 Å². The SMILES string of the molecule is Br.Br.Br.CCCC[P+](CC)(CCCC)CCCC. The molecule has 4 heteroatoms. The fourth-order valence-corrected chi connectivity index (χ4v) is 6.87. The third-order valence-corrected chi connectivity index (χ3v) is 8.77. The van der Waals surface area contributed by atoms with Crippen LogP contribution >= 0.6 is 58.2 Å². The van der Waals surface area contributed by atoms with Gasteiger partial charge in [0.25, 0.3) is 0 Å². The van der Waals surface area contributed by atoms with Crippen LogP contribution in [0.2, 0.25) is 0 Å². The number of halogens is 3. The maximum Gasteiger partial charge on any atom is 0.0594 e. The highest BCUT2D eigenvalue weighted by Crippen LogP contribution is 2.60. The van der Waals surface area contributed by atoms with Gasteiger partial charge >= 0.3 is 0 Å². The van der Waals surface area contributed by atoms with Crippen molar-refractivity contribution in [3.8, 4) is 0 Å². The molecule has 0 aromatic rings. The van der Waals surface area contributed by atoms with E-state index in [0.29, 0.717) is 0 Å². The summed E-state index contributed by atoms with van der Waals surface area (Å²) in [5.41, 5.74) is 0. The Balaban J connectivity index is -0.000000327. The van der Waals surface area contributed by atoms with E-state index in [4.69, 9.17) is 0 Å². The van der Waals surface area contributed by atoms with Crippen molar-refractivity contribution in [1.29, 1.82) is 0 Å². The lowest BCUT2D eigenvalue weighted by Crippen LogP contribution is -2.11. The maximum absolute atomic E-state index is 2.45. The fourth-order valence-electron chi connectivity index (χ4n) is 2.29. The van der Waals surface area contributed by atoms with Crippen molar-refractivity contribution in [2.75, 3.05) is 24.6 Å². The lowest BCUT2D eigenvalue weighted by atomic mass is 10.4. The Hall–Kier alpha value is 1.87. The number of unbranched alkanes of at least 4 members (excludes halogenated alkanes) is 3. The minimum atomic E-state index is -0.527. The van der Waals surface area contributed by atoms with Crippen molar-refractivity contribution in [3.63, 3.8) is 0 Å². The lowest BCUT2D eigenvalue weighted by molar-refractivity contribution is 0.834. The van der Waals surface area contributed by atoms with Crippen LogP contribution in [0.15, 0.2) is 0 Å². The van der Waals surface area contributed by atoms with Gasteiger partial charge in [0.1, 0.15) is 0 Å². The van der Waals surface area contributed by atoms with Crippen molar-refractivity contribution in [1.82, 2.24) is 0 Å². The smallest absolute Gasteiger partial charge is 0.0594 e. The van der Waals surface area contributed by atoms with Crippen LogP contribution in [0.5, 0.6) is 0 Å². The van der Waals surface area contributed by atoms with Crippen LogP contribution in [0, 0.1) is 0 Å². The summed E-state index contributed by atoms with van der Waals surface area (Å²) in [7, 11) is -0.527. The summed E-state index contributed by atoms with van der Waals surface area (Å²) in [4.78, 5) is 0. The number of rotatable bonds is 10. The average Bonchev–Trinajstić information content (AvgIpc) is 2.29. The molecule has 0 nitrogen and oxygen atoms in total. The van der Waals surface area contributed by atoms with Gasteiger partial charge in [-0.05, 0) is 26.2 Å². The van der Waals surface area contributed by atoms with E-state index in [1.165, 1.54) is 44.7 Å². The summed E-state index contributed by atoms with van der Waals surface area (Å²) < 4.78 is 0. The quantitative estimate of drug-likeness (QED) is 0.295. The monoisotopic (exact) mass is 471 g/mol. The summed E-state index contributed by atoms with van der Waals surface area (Å²) in [5, 5.41) is 0. The van der Waals surface area contributed by atoms with Gasteiger partial charge in [0.15, 0.2) is 0 Å². The molecule has 0 rings (SSSR count). The number of hydrogen-bond acceptors (Lipinski definition) is 0. The second-order valence-electron chi connectivity index (χ2n) is 4.89. The molecule has 0 amide bonds. The van der Waals surface area contributed by atoms with Crippen LogP contribution in [-0.4, -0.2) is 24.6 Å². The first-order valence-electron chi connectivity index (χ1n) is 7.09. The Bertz CT molecular complexity index is 121. The molecule has 0 heterocycles. The van der Waals surface area contributed by atoms with E-state index in [1.54, 1.807) is 18.5 Å². The largest absolute Gasteiger partial charge is 0.114 e. The molecule has 0 aliphatic heterocycles. The van der Waals surface area contributed by atoms with Crippen LogP contribution in [0.25, 0.3) is 0 Å². The van der Waals surface area contributed by atoms with Crippen LogP contribution < -0.4 is 0 Å². The summed E-state index contributed by atoms with van der Waals surface area (Å²) in [6.07, 6.45) is 14.9. The molecule has 0 atom stereocenters. The Morgan fingerprint density at radius 2 is 0.833 bits per heavy atom. The van der Waals surface area contributed by atoms with Gasteiger partial charge in [0.05, 0.1) is 24.6 Å². The van der Waals surface area contributed by atoms with Crippen molar-refractivity contribution < 1.29 is 0 Å². The molecule has 0 fully saturated rings. The topological polar surface area (TPSA) is 0 Å². The molecule has 18 heavy (non-hydrogen) atoms. The zero-order valence-corrected chi connectivity index (χ0v) is 18.8. The van der Waals surface area contributed by atoms with Gasteiger partial charge in [-0.1, -0.05) is 40.0 Å². The van der Waals surface area contributed by atoms with Crippen molar-refractivity contribution in [2.45, 2.75) is 66.2 Å². The van der Waals surface area contributed by atoms with Crippen LogP contribution in [0.4, 0.5) is 0 Å². The number of hydrogen-bond donors (Lipinski definition) is 0. The van der Waals surface area contributed by atoms with Crippen LogP contribution in [0.3, 0.4) is 0 Å². The molecular weight excluding hydrogens is 439 g/mol. The normalized spacial score (nSPS) is 10.0. The molecule has 0 bridgehead atoms. The lowest BCUT2D eigenvalue weighted by Gasteiger charge is -2.26. The van der Waals surface area contributed by atoms with E-state index >= 15 is 0 Å². The summed E-state index contributed by atoms with van der Waals surface area (Å²) in [6, 6.07) is 0. The highest BCUT2D eigenvalue weighted by Gasteiger charge is 2.32. The average molecular weight is 474 g/mol. The Morgan fingerprint density at radius 3 is 1.00 bits per heavy atom. The van der Waals surface area contributed by atoms with Crippen molar-refractivity contribution >= 4 is 58.2 Å². The van der Waals surface area contributed by atoms with Gasteiger partial charge in [0.2, 0.25) is 0 Å². The molecule has 0 aliphatic carbocycles. The molecule has 0 N–H and O–H groups in total. The molecule has 0 saturated heterocycles. The first kappa shape index (κ1) is 28.1. The predicted octanol–water partition coefficient (Wildman–Crippen LogP) is 7.16. The molecule has 116 valence electrons. The summed E-state index contributed by atoms with van der Waals surface area (Å²) in [5.74, 6) is 0. The highest BCUT2D eigenvalue weighted by molar-refractivity contribution is 8.93. The molecule has 0 saturated carbocycles. The second-order valence-corrected chi connectivity index (χ2v) is 9.55. The highest BCUT2D eigenvalue weighted by atomic mass is 79.9. The Kier molecular flexibility index (Phi) is 29.5. The van der Waals surface area contributed by atoms with Crippen molar-refractivity contribution in [3.05, 3.63) is 0 Å². The van der Waals surface area contributed by atoms with Gasteiger partial charge in [-0.25, -0.2) is 0 Å². The first-order chi connectivity index (χ1) is 7.24. The van der Waals surface area contributed by atoms with Gasteiger partial charge in [-0.15, -0.1) is 50.9 Å². The van der Waals surface area contributed by atoms with Crippen LogP contribution in [0.1, 0.15) is 66.2 Å². The van der Waals surface area contributed by atoms with Gasteiger partial charge in [-0.3, -0.25) is 0 Å².